The summed E-state index contributed by atoms with van der Waals surface area (Å²) in [5.74, 6) is 0. The van der Waals surface area contributed by atoms with Crippen molar-refractivity contribution < 1.29 is 0 Å². The van der Waals surface area contributed by atoms with Gasteiger partial charge < -0.3 is 10.6 Å². The maximum Gasteiger partial charge on any atom is 0.185 e. The maximum atomic E-state index is 6.22. The molecule has 19 heavy (non-hydrogen) atoms. The van der Waals surface area contributed by atoms with E-state index in [9.17, 15) is 0 Å². The third kappa shape index (κ3) is 3.46. The van der Waals surface area contributed by atoms with Crippen molar-refractivity contribution in [2.45, 2.75) is 39.8 Å². The van der Waals surface area contributed by atoms with Crippen LogP contribution in [0.25, 0.3) is 0 Å². The molecule has 0 aliphatic carbocycles. The molecule has 4 nitrogen and oxygen atoms in total. The van der Waals surface area contributed by atoms with Crippen molar-refractivity contribution in [2.75, 3.05) is 31.1 Å². The lowest BCUT2D eigenvalue weighted by molar-refractivity contribution is 0.0766. The second-order valence-electron chi connectivity index (χ2n) is 6.51. The molecule has 2 atom stereocenters. The van der Waals surface area contributed by atoms with Crippen molar-refractivity contribution >= 4 is 16.5 Å². The van der Waals surface area contributed by atoms with Gasteiger partial charge in [-0.2, -0.15) is 0 Å². The van der Waals surface area contributed by atoms with Crippen LogP contribution in [0.1, 0.15) is 27.7 Å². The van der Waals surface area contributed by atoms with Gasteiger partial charge in [-0.3, -0.25) is 4.90 Å². The lowest BCUT2D eigenvalue weighted by Gasteiger charge is -2.46. The average Bonchev–Trinajstić information content (AvgIpc) is 2.81. The minimum Gasteiger partial charge on any atom is -0.346 e. The average molecular weight is 282 g/mol. The first-order valence-electron chi connectivity index (χ1n) is 7.03. The normalized spacial score (nSPS) is 21.4. The maximum absolute atomic E-state index is 6.22. The van der Waals surface area contributed by atoms with Crippen LogP contribution in [-0.4, -0.2) is 48.1 Å². The Morgan fingerprint density at radius 3 is 2.32 bits per heavy atom. The van der Waals surface area contributed by atoms with Gasteiger partial charge in [0.1, 0.15) is 0 Å². The van der Waals surface area contributed by atoms with E-state index in [0.717, 1.165) is 31.3 Å². The van der Waals surface area contributed by atoms with E-state index in [-0.39, 0.29) is 11.5 Å². The van der Waals surface area contributed by atoms with E-state index in [1.165, 1.54) is 0 Å². The summed E-state index contributed by atoms with van der Waals surface area (Å²) in [5, 5.41) is 3.19. The molecule has 1 aliphatic heterocycles. The summed E-state index contributed by atoms with van der Waals surface area (Å²) in [4.78, 5) is 9.32. The van der Waals surface area contributed by atoms with E-state index in [0.29, 0.717) is 6.04 Å². The summed E-state index contributed by atoms with van der Waals surface area (Å²) >= 11 is 1.72. The zero-order valence-corrected chi connectivity index (χ0v) is 13.3. The third-order valence-corrected chi connectivity index (χ3v) is 4.62. The van der Waals surface area contributed by atoms with Crippen LogP contribution in [0.4, 0.5) is 5.13 Å². The molecule has 0 spiro atoms. The van der Waals surface area contributed by atoms with Crippen LogP contribution >= 0.6 is 11.3 Å². The molecule has 2 heterocycles. The predicted octanol–water partition coefficient (Wildman–Crippen LogP) is 2.03. The van der Waals surface area contributed by atoms with Gasteiger partial charge in [-0.25, -0.2) is 4.98 Å². The first-order valence-corrected chi connectivity index (χ1v) is 7.91. The Kier molecular flexibility index (Phi) is 4.48. The minimum absolute atomic E-state index is 0.200. The minimum atomic E-state index is 0.200. The van der Waals surface area contributed by atoms with E-state index in [1.807, 2.05) is 11.6 Å². The van der Waals surface area contributed by atoms with Gasteiger partial charge in [0.25, 0.3) is 0 Å². The quantitative estimate of drug-likeness (QED) is 0.921. The highest BCUT2D eigenvalue weighted by Gasteiger charge is 2.35. The molecule has 0 aromatic carbocycles. The molecule has 1 aromatic rings. The molecule has 0 radical (unpaired) electrons. The predicted molar refractivity (Wildman–Crippen MR) is 82.8 cm³/mol. The number of nitrogens with zero attached hydrogens (tertiary/aromatic N) is 3. The molecular formula is C14H26N4S. The van der Waals surface area contributed by atoms with Crippen LogP contribution in [0.5, 0.6) is 0 Å². The van der Waals surface area contributed by atoms with Gasteiger partial charge in [-0.1, -0.05) is 20.8 Å². The highest BCUT2D eigenvalue weighted by atomic mass is 32.1. The number of anilines is 1. The fourth-order valence-electron chi connectivity index (χ4n) is 3.23. The number of hydrogen-bond donors (Lipinski definition) is 1. The molecule has 2 rings (SSSR count). The second-order valence-corrected chi connectivity index (χ2v) is 7.38. The SMILES string of the molecule is CC(N)C(N1CCN(c2nccs2)CC1)C(C)(C)C. The number of aromatic nitrogens is 1. The van der Waals surface area contributed by atoms with Crippen molar-refractivity contribution in [3.8, 4) is 0 Å². The topological polar surface area (TPSA) is 45.4 Å². The van der Waals surface area contributed by atoms with Crippen molar-refractivity contribution in [3.05, 3.63) is 11.6 Å². The van der Waals surface area contributed by atoms with E-state index in [1.54, 1.807) is 11.3 Å². The van der Waals surface area contributed by atoms with Gasteiger partial charge in [0.15, 0.2) is 5.13 Å². The Balaban J connectivity index is 1.98. The van der Waals surface area contributed by atoms with Gasteiger partial charge in [0.2, 0.25) is 0 Å². The number of nitrogens with two attached hydrogens (primary N) is 1. The van der Waals surface area contributed by atoms with Crippen molar-refractivity contribution in [1.82, 2.24) is 9.88 Å². The number of rotatable bonds is 3. The number of hydrogen-bond acceptors (Lipinski definition) is 5. The Labute approximate surface area is 120 Å². The van der Waals surface area contributed by atoms with Crippen molar-refractivity contribution in [1.29, 1.82) is 0 Å². The summed E-state index contributed by atoms with van der Waals surface area (Å²) in [6, 6.07) is 0.636. The van der Waals surface area contributed by atoms with E-state index in [4.69, 9.17) is 5.73 Å². The van der Waals surface area contributed by atoms with Crippen LogP contribution in [0.3, 0.4) is 0 Å². The molecule has 1 aliphatic rings. The lowest BCUT2D eigenvalue weighted by Crippen LogP contribution is -2.59. The number of thiazole rings is 1. The van der Waals surface area contributed by atoms with Crippen LogP contribution in [-0.2, 0) is 0 Å². The molecule has 1 fully saturated rings. The van der Waals surface area contributed by atoms with Gasteiger partial charge in [-0.05, 0) is 12.3 Å². The fraction of sp³-hybridized carbons (Fsp3) is 0.786. The van der Waals surface area contributed by atoms with Crippen LogP contribution in [0, 0.1) is 5.41 Å². The van der Waals surface area contributed by atoms with Gasteiger partial charge >= 0.3 is 0 Å². The summed E-state index contributed by atoms with van der Waals surface area (Å²) in [6.07, 6.45) is 1.88. The monoisotopic (exact) mass is 282 g/mol. The summed E-state index contributed by atoms with van der Waals surface area (Å²) in [5.41, 5.74) is 6.44. The largest absolute Gasteiger partial charge is 0.346 e. The molecule has 0 bridgehead atoms. The first kappa shape index (κ1) is 14.8. The van der Waals surface area contributed by atoms with Crippen LogP contribution in [0.2, 0.25) is 0 Å². The summed E-state index contributed by atoms with van der Waals surface area (Å²) in [6.45, 7) is 13.2. The standard InChI is InChI=1S/C14H26N4S/c1-11(15)12(14(2,3)4)17-6-8-18(9-7-17)13-16-5-10-19-13/h5,10-12H,6-9,15H2,1-4H3. The Morgan fingerprint density at radius 1 is 1.26 bits per heavy atom. The molecular weight excluding hydrogens is 256 g/mol. The molecule has 2 unspecified atom stereocenters. The Morgan fingerprint density at radius 2 is 1.89 bits per heavy atom. The van der Waals surface area contributed by atoms with Crippen LogP contribution in [0.15, 0.2) is 11.6 Å². The van der Waals surface area contributed by atoms with Gasteiger partial charge in [-0.15, -0.1) is 11.3 Å². The smallest absolute Gasteiger partial charge is 0.185 e. The molecule has 5 heteroatoms. The molecule has 0 amide bonds. The van der Waals surface area contributed by atoms with E-state index >= 15 is 0 Å². The Bertz CT molecular complexity index is 375. The van der Waals surface area contributed by atoms with Crippen molar-refractivity contribution in [2.24, 2.45) is 11.1 Å². The van der Waals surface area contributed by atoms with Gasteiger partial charge in [0, 0.05) is 49.8 Å². The third-order valence-electron chi connectivity index (χ3n) is 3.78. The lowest BCUT2D eigenvalue weighted by atomic mass is 9.81. The fourth-order valence-corrected chi connectivity index (χ4v) is 3.93. The van der Waals surface area contributed by atoms with Crippen molar-refractivity contribution in [3.63, 3.8) is 0 Å². The highest BCUT2D eigenvalue weighted by Crippen LogP contribution is 2.28. The van der Waals surface area contributed by atoms with E-state index < -0.39 is 0 Å². The highest BCUT2D eigenvalue weighted by molar-refractivity contribution is 7.13. The van der Waals surface area contributed by atoms with Crippen LogP contribution < -0.4 is 10.6 Å². The molecule has 1 saturated heterocycles. The summed E-state index contributed by atoms with van der Waals surface area (Å²) in [7, 11) is 0. The molecule has 1 aromatic heterocycles. The molecule has 108 valence electrons. The molecule has 0 saturated carbocycles. The zero-order valence-electron chi connectivity index (χ0n) is 12.5. The second kappa shape index (κ2) is 5.77. The number of piperazine rings is 1. The Hall–Kier alpha value is -0.650. The van der Waals surface area contributed by atoms with E-state index in [2.05, 4.69) is 42.5 Å². The first-order chi connectivity index (χ1) is 8.89. The summed E-state index contributed by atoms with van der Waals surface area (Å²) < 4.78 is 0. The van der Waals surface area contributed by atoms with Gasteiger partial charge in [0.05, 0.1) is 0 Å². The molecule has 2 N–H and O–H groups in total. The zero-order chi connectivity index (χ0) is 14.0.